The van der Waals surface area contributed by atoms with Gasteiger partial charge in [-0.15, -0.1) is 12.6 Å². The minimum Gasteiger partial charge on any atom is -0.476 e. The summed E-state index contributed by atoms with van der Waals surface area (Å²) in [6.45, 7) is 0. The quantitative estimate of drug-likeness (QED) is 0.395. The summed E-state index contributed by atoms with van der Waals surface area (Å²) in [5.74, 6) is 0.339. The summed E-state index contributed by atoms with van der Waals surface area (Å²) >= 11 is 6.95. The molecule has 0 amide bonds. The number of thiol groups is 1. The Bertz CT molecular complexity index is 332. The molecular formula is C7H6BrNO3S. The summed E-state index contributed by atoms with van der Waals surface area (Å²) < 4.78 is 5.60. The molecule has 0 aliphatic carbocycles. The molecule has 0 N–H and O–H groups in total. The van der Waals surface area contributed by atoms with E-state index in [1.807, 2.05) is 0 Å². The molecule has 0 saturated heterocycles. The molecule has 70 valence electrons. The minimum absolute atomic E-state index is 0.0663. The van der Waals surface area contributed by atoms with Crippen molar-refractivity contribution in [3.05, 3.63) is 32.8 Å². The van der Waals surface area contributed by atoms with Crippen molar-refractivity contribution in [1.29, 1.82) is 0 Å². The van der Waals surface area contributed by atoms with Crippen LogP contribution in [0.2, 0.25) is 0 Å². The first-order chi connectivity index (χ1) is 6.15. The molecule has 6 heteroatoms. The Labute approximate surface area is 88.6 Å². The van der Waals surface area contributed by atoms with Gasteiger partial charge in [0.05, 0.1) is 4.92 Å². The molecular weight excluding hydrogens is 258 g/mol. The van der Waals surface area contributed by atoms with Crippen LogP contribution < -0.4 is 4.74 Å². The Balaban J connectivity index is 3.10. The molecule has 0 aliphatic rings. The average Bonchev–Trinajstić information content (AvgIpc) is 2.08. The van der Waals surface area contributed by atoms with E-state index in [-0.39, 0.29) is 17.4 Å². The van der Waals surface area contributed by atoms with E-state index in [9.17, 15) is 10.1 Å². The molecule has 0 radical (unpaired) electrons. The topological polar surface area (TPSA) is 52.4 Å². The molecule has 1 aromatic rings. The van der Waals surface area contributed by atoms with Crippen LogP contribution in [0.15, 0.2) is 22.7 Å². The van der Waals surface area contributed by atoms with Crippen LogP contribution >= 0.6 is 28.6 Å². The van der Waals surface area contributed by atoms with Crippen LogP contribution in [0.5, 0.6) is 5.75 Å². The first kappa shape index (κ1) is 10.3. The summed E-state index contributed by atoms with van der Waals surface area (Å²) in [4.78, 5) is 10.0. The second kappa shape index (κ2) is 4.48. The molecule has 0 fully saturated rings. The van der Waals surface area contributed by atoms with Gasteiger partial charge in [0.25, 0.3) is 0 Å². The van der Waals surface area contributed by atoms with Gasteiger partial charge in [-0.3, -0.25) is 10.1 Å². The molecule has 0 saturated carbocycles. The lowest BCUT2D eigenvalue weighted by Crippen LogP contribution is -1.95. The Morgan fingerprint density at radius 3 is 2.85 bits per heavy atom. The minimum atomic E-state index is -0.496. The number of nitro groups is 1. The van der Waals surface area contributed by atoms with E-state index >= 15 is 0 Å². The van der Waals surface area contributed by atoms with Crippen molar-refractivity contribution in [1.82, 2.24) is 0 Å². The summed E-state index contributed by atoms with van der Waals surface area (Å²) in [7, 11) is 0. The first-order valence-electron chi connectivity index (χ1n) is 3.32. The molecule has 0 aromatic heterocycles. The van der Waals surface area contributed by atoms with Crippen LogP contribution in [-0.4, -0.2) is 10.9 Å². The smallest absolute Gasteiger partial charge is 0.312 e. The fourth-order valence-corrected chi connectivity index (χ4v) is 1.31. The highest BCUT2D eigenvalue weighted by atomic mass is 79.9. The van der Waals surface area contributed by atoms with Gasteiger partial charge in [-0.05, 0) is 12.1 Å². The highest BCUT2D eigenvalue weighted by Gasteiger charge is 2.14. The highest BCUT2D eigenvalue weighted by Crippen LogP contribution is 2.29. The third-order valence-electron chi connectivity index (χ3n) is 1.34. The lowest BCUT2D eigenvalue weighted by molar-refractivity contribution is -0.385. The molecule has 0 aliphatic heterocycles. The summed E-state index contributed by atoms with van der Waals surface area (Å²) in [5, 5.41) is 10.5. The van der Waals surface area contributed by atoms with E-state index in [1.165, 1.54) is 12.1 Å². The van der Waals surface area contributed by atoms with Crippen molar-refractivity contribution < 1.29 is 9.66 Å². The molecule has 1 rings (SSSR count). The summed E-state index contributed by atoms with van der Waals surface area (Å²) in [5.41, 5.74) is -0.0663. The molecule has 13 heavy (non-hydrogen) atoms. The maximum atomic E-state index is 10.5. The number of rotatable bonds is 3. The number of hydrogen-bond donors (Lipinski definition) is 1. The van der Waals surface area contributed by atoms with Crippen LogP contribution in [-0.2, 0) is 0 Å². The van der Waals surface area contributed by atoms with Crippen LogP contribution in [0.4, 0.5) is 5.69 Å². The van der Waals surface area contributed by atoms with E-state index in [0.29, 0.717) is 4.47 Å². The van der Waals surface area contributed by atoms with E-state index in [1.54, 1.807) is 6.07 Å². The molecule has 0 spiro atoms. The zero-order valence-corrected chi connectivity index (χ0v) is 8.92. The molecule has 4 nitrogen and oxygen atoms in total. The largest absolute Gasteiger partial charge is 0.476 e. The van der Waals surface area contributed by atoms with E-state index in [4.69, 9.17) is 4.74 Å². The SMILES string of the molecule is O=[N+]([O-])c1cc(Br)ccc1OCS. The van der Waals surface area contributed by atoms with Gasteiger partial charge in [0.2, 0.25) is 0 Å². The fourth-order valence-electron chi connectivity index (χ4n) is 0.825. The van der Waals surface area contributed by atoms with Gasteiger partial charge in [0, 0.05) is 10.5 Å². The third-order valence-corrected chi connectivity index (χ3v) is 1.96. The molecule has 0 atom stereocenters. The van der Waals surface area contributed by atoms with Crippen LogP contribution in [0, 0.1) is 10.1 Å². The normalized spacial score (nSPS) is 9.69. The van der Waals surface area contributed by atoms with Crippen molar-refractivity contribution in [3.63, 3.8) is 0 Å². The van der Waals surface area contributed by atoms with Gasteiger partial charge in [0.1, 0.15) is 5.94 Å². The third kappa shape index (κ3) is 2.60. The van der Waals surface area contributed by atoms with Gasteiger partial charge in [0.15, 0.2) is 5.75 Å². The molecule has 0 unspecified atom stereocenters. The van der Waals surface area contributed by atoms with Crippen molar-refractivity contribution >= 4 is 34.2 Å². The van der Waals surface area contributed by atoms with E-state index < -0.39 is 4.92 Å². The zero-order valence-electron chi connectivity index (χ0n) is 6.44. The Hall–Kier alpha value is -0.750. The van der Waals surface area contributed by atoms with Gasteiger partial charge >= 0.3 is 5.69 Å². The number of ether oxygens (including phenoxy) is 1. The van der Waals surface area contributed by atoms with Gasteiger partial charge in [-0.25, -0.2) is 0 Å². The Morgan fingerprint density at radius 2 is 2.31 bits per heavy atom. The second-order valence-corrected chi connectivity index (χ2v) is 3.32. The van der Waals surface area contributed by atoms with Crippen molar-refractivity contribution in [2.24, 2.45) is 0 Å². The predicted octanol–water partition coefficient (Wildman–Crippen LogP) is 2.62. The number of nitro benzene ring substituents is 1. The molecule has 1 aromatic carbocycles. The number of hydrogen-bond acceptors (Lipinski definition) is 4. The Kier molecular flexibility index (Phi) is 3.56. The maximum absolute atomic E-state index is 10.5. The summed E-state index contributed by atoms with van der Waals surface area (Å²) in [6, 6.07) is 4.59. The van der Waals surface area contributed by atoms with Crippen molar-refractivity contribution in [2.75, 3.05) is 5.94 Å². The fraction of sp³-hybridized carbons (Fsp3) is 0.143. The van der Waals surface area contributed by atoms with Crippen LogP contribution in [0.25, 0.3) is 0 Å². The molecule has 0 bridgehead atoms. The summed E-state index contributed by atoms with van der Waals surface area (Å²) in [6.07, 6.45) is 0. The monoisotopic (exact) mass is 263 g/mol. The van der Waals surface area contributed by atoms with Gasteiger partial charge in [-0.1, -0.05) is 15.9 Å². The Morgan fingerprint density at radius 1 is 1.62 bits per heavy atom. The lowest BCUT2D eigenvalue weighted by Gasteiger charge is -2.02. The predicted molar refractivity (Wildman–Crippen MR) is 55.3 cm³/mol. The van der Waals surface area contributed by atoms with Crippen molar-refractivity contribution in [3.8, 4) is 5.75 Å². The van der Waals surface area contributed by atoms with E-state index in [0.717, 1.165) is 0 Å². The lowest BCUT2D eigenvalue weighted by atomic mass is 10.3. The zero-order chi connectivity index (χ0) is 9.84. The first-order valence-corrected chi connectivity index (χ1v) is 4.75. The van der Waals surface area contributed by atoms with Crippen molar-refractivity contribution in [2.45, 2.75) is 0 Å². The van der Waals surface area contributed by atoms with Crippen LogP contribution in [0.3, 0.4) is 0 Å². The number of nitrogens with zero attached hydrogens (tertiary/aromatic N) is 1. The van der Waals surface area contributed by atoms with Gasteiger partial charge in [-0.2, -0.15) is 0 Å². The highest BCUT2D eigenvalue weighted by molar-refractivity contribution is 9.10. The standard InChI is InChI=1S/C7H6BrNO3S/c8-5-1-2-7(12-4-13)6(3-5)9(10)11/h1-3,13H,4H2. The molecule has 0 heterocycles. The number of halogens is 1. The van der Waals surface area contributed by atoms with Crippen LogP contribution in [0.1, 0.15) is 0 Å². The second-order valence-electron chi connectivity index (χ2n) is 2.14. The van der Waals surface area contributed by atoms with Gasteiger partial charge < -0.3 is 4.74 Å². The maximum Gasteiger partial charge on any atom is 0.312 e. The average molecular weight is 264 g/mol. The van der Waals surface area contributed by atoms with E-state index in [2.05, 4.69) is 28.6 Å². The number of benzene rings is 1.